The molecule has 2 amide bonds. The number of nitrogens with zero attached hydrogens (tertiary/aromatic N) is 4. The highest BCUT2D eigenvalue weighted by Gasteiger charge is 2.28. The number of likely N-dealkylation sites (tertiary alicyclic amines) is 1. The molecule has 1 aliphatic heterocycles. The van der Waals surface area contributed by atoms with Crippen LogP contribution in [0.3, 0.4) is 0 Å². The third-order valence-electron chi connectivity index (χ3n) is 6.22. The highest BCUT2D eigenvalue weighted by Crippen LogP contribution is 2.23. The molecule has 8 nitrogen and oxygen atoms in total. The molecule has 2 aromatic heterocycles. The van der Waals surface area contributed by atoms with Gasteiger partial charge in [0.2, 0.25) is 6.41 Å². The number of aromatic nitrogens is 3. The van der Waals surface area contributed by atoms with Crippen molar-refractivity contribution in [3.8, 4) is 11.1 Å². The first-order valence-corrected chi connectivity index (χ1v) is 13.2. The highest BCUT2D eigenvalue weighted by molar-refractivity contribution is 6.14. The van der Waals surface area contributed by atoms with Gasteiger partial charge in [0.15, 0.2) is 0 Å². The average Bonchev–Trinajstić information content (AvgIpc) is 3.57. The van der Waals surface area contributed by atoms with Crippen LogP contribution in [0.1, 0.15) is 64.8 Å². The first-order valence-electron chi connectivity index (χ1n) is 13.2. The summed E-state index contributed by atoms with van der Waals surface area (Å²) >= 11 is 0. The molecule has 2 atom stereocenters. The number of imidazole rings is 1. The maximum atomic E-state index is 12.6. The molecule has 38 heavy (non-hydrogen) atoms. The second-order valence-corrected chi connectivity index (χ2v) is 9.14. The number of benzene rings is 1. The maximum Gasteiger partial charge on any atom is 0.271 e. The highest BCUT2D eigenvalue weighted by atomic mass is 16.3. The van der Waals surface area contributed by atoms with Crippen LogP contribution >= 0.6 is 0 Å². The Balaban J connectivity index is 0.000000251. The zero-order valence-corrected chi connectivity index (χ0v) is 23.4. The fourth-order valence-electron chi connectivity index (χ4n) is 4.27. The maximum absolute atomic E-state index is 12.6. The largest absolute Gasteiger partial charge is 0.394 e. The van der Waals surface area contributed by atoms with Gasteiger partial charge < -0.3 is 19.9 Å². The van der Waals surface area contributed by atoms with E-state index in [1.54, 1.807) is 18.7 Å². The van der Waals surface area contributed by atoms with E-state index in [0.29, 0.717) is 12.5 Å². The molecule has 1 saturated heterocycles. The third-order valence-corrected chi connectivity index (χ3v) is 6.22. The quantitative estimate of drug-likeness (QED) is 0.338. The SMILES string of the molecule is CC.CC(C)=C(C(=O)N1CCCC1C)n1cnc(C)c1.O=CNC(CO)c1ccc(-c2cccnc2)cc1. The first kappa shape index (κ1) is 30.4. The van der Waals surface area contributed by atoms with E-state index in [2.05, 4.69) is 22.2 Å². The van der Waals surface area contributed by atoms with E-state index in [1.165, 1.54) is 0 Å². The summed E-state index contributed by atoms with van der Waals surface area (Å²) < 4.78 is 1.85. The summed E-state index contributed by atoms with van der Waals surface area (Å²) in [7, 11) is 0. The van der Waals surface area contributed by atoms with Crippen molar-refractivity contribution in [1.82, 2.24) is 24.8 Å². The Morgan fingerprint density at radius 2 is 1.89 bits per heavy atom. The molecule has 4 rings (SSSR count). The minimum absolute atomic E-state index is 0.120. The number of aliphatic hydroxyl groups is 1. The number of aliphatic hydroxyl groups excluding tert-OH is 1. The lowest BCUT2D eigenvalue weighted by molar-refractivity contribution is -0.126. The number of amides is 2. The molecule has 3 aromatic rings. The fourth-order valence-corrected chi connectivity index (χ4v) is 4.27. The lowest BCUT2D eigenvalue weighted by Gasteiger charge is -2.24. The van der Waals surface area contributed by atoms with Crippen LogP contribution in [-0.4, -0.2) is 56.1 Å². The van der Waals surface area contributed by atoms with Crippen LogP contribution < -0.4 is 5.32 Å². The number of carbonyl (C=O) groups is 2. The fraction of sp³-hybridized carbons (Fsp3) is 0.400. The monoisotopic (exact) mass is 519 g/mol. The number of pyridine rings is 1. The summed E-state index contributed by atoms with van der Waals surface area (Å²) in [6.45, 7) is 12.7. The molecule has 0 aliphatic carbocycles. The van der Waals surface area contributed by atoms with Gasteiger partial charge in [0.05, 0.1) is 24.7 Å². The number of aryl methyl sites for hydroxylation is 1. The normalized spacial score (nSPS) is 14.8. The summed E-state index contributed by atoms with van der Waals surface area (Å²) in [6.07, 6.45) is 9.94. The molecule has 8 heteroatoms. The van der Waals surface area contributed by atoms with Gasteiger partial charge in [0, 0.05) is 31.2 Å². The Labute approximate surface area is 226 Å². The van der Waals surface area contributed by atoms with Gasteiger partial charge in [-0.1, -0.05) is 44.2 Å². The molecule has 0 radical (unpaired) electrons. The molecule has 0 bridgehead atoms. The van der Waals surface area contributed by atoms with Crippen molar-refractivity contribution in [1.29, 1.82) is 0 Å². The number of carbonyl (C=O) groups excluding carboxylic acids is 2. The summed E-state index contributed by atoms with van der Waals surface area (Å²) in [6, 6.07) is 11.5. The van der Waals surface area contributed by atoms with Crippen LogP contribution in [0.4, 0.5) is 0 Å². The summed E-state index contributed by atoms with van der Waals surface area (Å²) in [5, 5.41) is 11.7. The molecule has 1 aliphatic rings. The van der Waals surface area contributed by atoms with E-state index in [9.17, 15) is 9.59 Å². The Hall–Kier alpha value is -3.78. The molecule has 2 N–H and O–H groups in total. The number of hydrogen-bond donors (Lipinski definition) is 2. The van der Waals surface area contributed by atoms with E-state index in [-0.39, 0.29) is 18.6 Å². The number of nitrogens with one attached hydrogen (secondary N) is 1. The van der Waals surface area contributed by atoms with Gasteiger partial charge in [0.1, 0.15) is 5.70 Å². The van der Waals surface area contributed by atoms with Gasteiger partial charge in [-0.3, -0.25) is 14.6 Å². The topological polar surface area (TPSA) is 100 Å². The van der Waals surface area contributed by atoms with Crippen molar-refractivity contribution >= 4 is 18.0 Å². The number of rotatable bonds is 7. The van der Waals surface area contributed by atoms with Crippen LogP contribution in [0.15, 0.2) is 66.9 Å². The lowest BCUT2D eigenvalue weighted by Crippen LogP contribution is -2.35. The zero-order valence-electron chi connectivity index (χ0n) is 23.4. The predicted octanol–water partition coefficient (Wildman–Crippen LogP) is 5.01. The van der Waals surface area contributed by atoms with Crippen molar-refractivity contribution in [2.24, 2.45) is 0 Å². The molecular weight excluding hydrogens is 478 g/mol. The number of allylic oxidation sites excluding steroid dienone is 1. The van der Waals surface area contributed by atoms with Crippen LogP contribution in [0, 0.1) is 6.92 Å². The van der Waals surface area contributed by atoms with Gasteiger partial charge in [-0.05, 0) is 68.9 Å². The summed E-state index contributed by atoms with van der Waals surface area (Å²) in [5.41, 5.74) is 5.65. The lowest BCUT2D eigenvalue weighted by atomic mass is 10.0. The van der Waals surface area contributed by atoms with Crippen molar-refractivity contribution < 1.29 is 14.7 Å². The van der Waals surface area contributed by atoms with Crippen molar-refractivity contribution in [2.45, 2.75) is 66.5 Å². The van der Waals surface area contributed by atoms with Gasteiger partial charge in [0.25, 0.3) is 5.91 Å². The molecule has 1 fully saturated rings. The zero-order chi connectivity index (χ0) is 28.1. The Kier molecular flexibility index (Phi) is 12.4. The molecule has 0 spiro atoms. The Morgan fingerprint density at radius 1 is 1.18 bits per heavy atom. The Morgan fingerprint density at radius 3 is 2.37 bits per heavy atom. The molecule has 204 valence electrons. The number of hydrogen-bond acceptors (Lipinski definition) is 5. The van der Waals surface area contributed by atoms with Crippen molar-refractivity contribution in [3.05, 3.63) is 78.1 Å². The summed E-state index contributed by atoms with van der Waals surface area (Å²) in [4.78, 5) is 33.3. The van der Waals surface area contributed by atoms with Crippen LogP contribution in [0.5, 0.6) is 0 Å². The van der Waals surface area contributed by atoms with E-state index in [0.717, 1.165) is 53.0 Å². The van der Waals surface area contributed by atoms with Crippen LogP contribution in [0.2, 0.25) is 0 Å². The van der Waals surface area contributed by atoms with Gasteiger partial charge in [-0.15, -0.1) is 0 Å². The van der Waals surface area contributed by atoms with Gasteiger partial charge in [-0.25, -0.2) is 4.98 Å². The predicted molar refractivity (Wildman–Crippen MR) is 152 cm³/mol. The van der Waals surface area contributed by atoms with Crippen molar-refractivity contribution in [3.63, 3.8) is 0 Å². The third kappa shape index (κ3) is 8.11. The molecule has 2 unspecified atom stereocenters. The molecular formula is C30H41N5O3. The minimum atomic E-state index is -0.356. The van der Waals surface area contributed by atoms with E-state index in [4.69, 9.17) is 5.11 Å². The van der Waals surface area contributed by atoms with E-state index >= 15 is 0 Å². The molecule has 1 aromatic carbocycles. The molecule has 3 heterocycles. The van der Waals surface area contributed by atoms with Crippen molar-refractivity contribution in [2.75, 3.05) is 13.2 Å². The van der Waals surface area contributed by atoms with Crippen LogP contribution in [-0.2, 0) is 9.59 Å². The second-order valence-electron chi connectivity index (χ2n) is 9.14. The second kappa shape index (κ2) is 15.5. The first-order chi connectivity index (χ1) is 18.3. The standard InChI is InChI=1S/C14H21N3O.C14H14N2O2.C2H6/c1-10(2)13(16-8-11(3)15-9-16)14(18)17-7-5-6-12(17)4;17-9-14(16-10-18)12-5-3-11(4-6-12)13-2-1-7-15-8-13;1-2/h8-9,12H,5-7H2,1-4H3;1-8,10,14,17H,9H2,(H,16,18);1-2H3. The average molecular weight is 520 g/mol. The van der Waals surface area contributed by atoms with E-state index in [1.807, 2.05) is 86.7 Å². The van der Waals surface area contributed by atoms with Gasteiger partial charge >= 0.3 is 0 Å². The molecule has 0 saturated carbocycles. The Bertz CT molecular complexity index is 1170. The van der Waals surface area contributed by atoms with Gasteiger partial charge in [-0.2, -0.15) is 0 Å². The smallest absolute Gasteiger partial charge is 0.271 e. The summed E-state index contributed by atoms with van der Waals surface area (Å²) in [5.74, 6) is 0.123. The van der Waals surface area contributed by atoms with E-state index < -0.39 is 0 Å². The minimum Gasteiger partial charge on any atom is -0.394 e. The van der Waals surface area contributed by atoms with Crippen LogP contribution in [0.25, 0.3) is 16.8 Å².